The van der Waals surface area contributed by atoms with Crippen LogP contribution >= 0.6 is 7.82 Å². The van der Waals surface area contributed by atoms with Crippen molar-refractivity contribution in [3.63, 3.8) is 0 Å². The zero-order chi connectivity index (χ0) is 42.2. The molecule has 0 amide bonds. The standard InChI is InChI=1S/C44H76NO11P/c1-3-5-7-9-11-13-15-17-18-20-22-24-26-28-30-34-43(48)56-40(37-54-57(51,52)55-38-41(45)44(49)50)36-53-42(47)35-31-33-39(46)32-29-27-25-23-21-19-16-14-12-10-8-6-4-2/h12,14,17-19,21,25,27,29,32,39-41,46H,3-11,13,15-16,20,22-24,26,28,30-31,33-38,45H2,1-2H3,(H,49,50)(H,51,52)/b14-12-,18-17-,21-19-,27-25-,32-29+/t39-,40-,41+/m1/s1. The molecular formula is C44H76NO11P. The number of unbranched alkanes of at least 4 members (excludes halogenated alkanes) is 14. The Balaban J connectivity index is 4.59. The molecule has 328 valence electrons. The number of carboxylic acids is 1. The predicted octanol–water partition coefficient (Wildman–Crippen LogP) is 10.1. The lowest BCUT2D eigenvalue weighted by molar-refractivity contribution is -0.161. The van der Waals surface area contributed by atoms with Crippen LogP contribution in [0.4, 0.5) is 0 Å². The molecule has 5 N–H and O–H groups in total. The largest absolute Gasteiger partial charge is 0.480 e. The van der Waals surface area contributed by atoms with Crippen molar-refractivity contribution < 1.29 is 52.6 Å². The van der Waals surface area contributed by atoms with Crippen LogP contribution in [0.5, 0.6) is 0 Å². The Morgan fingerprint density at radius 1 is 0.632 bits per heavy atom. The average molecular weight is 826 g/mol. The molecule has 0 rings (SSSR count). The number of phosphoric ester groups is 1. The number of aliphatic hydroxyl groups is 1. The van der Waals surface area contributed by atoms with Gasteiger partial charge in [0.15, 0.2) is 6.10 Å². The Labute approximate surface area is 343 Å². The molecule has 0 bridgehead atoms. The quantitative estimate of drug-likeness (QED) is 0.0151. The summed E-state index contributed by atoms with van der Waals surface area (Å²) >= 11 is 0. The number of ether oxygens (including phenoxy) is 2. The van der Waals surface area contributed by atoms with E-state index in [4.69, 9.17) is 24.8 Å². The van der Waals surface area contributed by atoms with E-state index in [0.29, 0.717) is 19.3 Å². The number of phosphoric acid groups is 1. The van der Waals surface area contributed by atoms with Gasteiger partial charge >= 0.3 is 25.7 Å². The Bertz CT molecular complexity index is 1220. The van der Waals surface area contributed by atoms with E-state index in [2.05, 4.69) is 54.8 Å². The van der Waals surface area contributed by atoms with Crippen LogP contribution in [0.15, 0.2) is 60.8 Å². The molecule has 57 heavy (non-hydrogen) atoms. The summed E-state index contributed by atoms with van der Waals surface area (Å²) in [4.78, 5) is 45.9. The molecule has 0 aliphatic carbocycles. The molecule has 12 nitrogen and oxygen atoms in total. The topological polar surface area (TPSA) is 192 Å². The second kappa shape index (κ2) is 38.6. The van der Waals surface area contributed by atoms with E-state index in [0.717, 1.165) is 57.8 Å². The molecule has 0 radical (unpaired) electrons. The number of esters is 2. The van der Waals surface area contributed by atoms with Gasteiger partial charge in [0, 0.05) is 12.8 Å². The van der Waals surface area contributed by atoms with Crippen molar-refractivity contribution in [2.45, 2.75) is 180 Å². The third-order valence-corrected chi connectivity index (χ3v) is 9.79. The van der Waals surface area contributed by atoms with Gasteiger partial charge in [0.1, 0.15) is 12.6 Å². The van der Waals surface area contributed by atoms with Gasteiger partial charge in [0.25, 0.3) is 0 Å². The van der Waals surface area contributed by atoms with Crippen molar-refractivity contribution in [3.8, 4) is 0 Å². The van der Waals surface area contributed by atoms with E-state index in [1.54, 1.807) is 12.2 Å². The molecule has 0 aromatic carbocycles. The van der Waals surface area contributed by atoms with Gasteiger partial charge in [-0.3, -0.25) is 23.4 Å². The first-order valence-corrected chi connectivity index (χ1v) is 22.9. The van der Waals surface area contributed by atoms with Crippen LogP contribution in [0.25, 0.3) is 0 Å². The Kier molecular flexibility index (Phi) is 36.7. The second-order valence-corrected chi connectivity index (χ2v) is 15.8. The first kappa shape index (κ1) is 54.1. The monoisotopic (exact) mass is 826 g/mol. The van der Waals surface area contributed by atoms with Gasteiger partial charge in [0.2, 0.25) is 0 Å². The highest BCUT2D eigenvalue weighted by Crippen LogP contribution is 2.43. The van der Waals surface area contributed by atoms with Crippen LogP contribution in [0.2, 0.25) is 0 Å². The lowest BCUT2D eigenvalue weighted by atomic mass is 10.1. The minimum atomic E-state index is -4.76. The molecule has 0 aliphatic rings. The molecule has 0 spiro atoms. The smallest absolute Gasteiger partial charge is 0.472 e. The molecule has 4 atom stereocenters. The minimum absolute atomic E-state index is 0.0102. The van der Waals surface area contributed by atoms with Gasteiger partial charge in [-0.1, -0.05) is 139 Å². The van der Waals surface area contributed by atoms with Crippen LogP contribution in [-0.2, 0) is 37.5 Å². The summed E-state index contributed by atoms with van der Waals surface area (Å²) in [5.41, 5.74) is 5.32. The van der Waals surface area contributed by atoms with Crippen LogP contribution in [0.1, 0.15) is 162 Å². The first-order chi connectivity index (χ1) is 27.5. The van der Waals surface area contributed by atoms with Crippen molar-refractivity contribution in [1.82, 2.24) is 0 Å². The summed E-state index contributed by atoms with van der Waals surface area (Å²) in [7, 11) is -4.76. The first-order valence-electron chi connectivity index (χ1n) is 21.4. The van der Waals surface area contributed by atoms with E-state index in [-0.39, 0.29) is 12.8 Å². The van der Waals surface area contributed by atoms with E-state index >= 15 is 0 Å². The lowest BCUT2D eigenvalue weighted by Gasteiger charge is -2.20. The lowest BCUT2D eigenvalue weighted by Crippen LogP contribution is -2.34. The molecule has 0 aromatic rings. The summed E-state index contributed by atoms with van der Waals surface area (Å²) in [6.07, 6.45) is 40.3. The van der Waals surface area contributed by atoms with Crippen LogP contribution < -0.4 is 5.73 Å². The third kappa shape index (κ3) is 38.4. The van der Waals surface area contributed by atoms with Crippen molar-refractivity contribution in [1.29, 1.82) is 0 Å². The number of hydrogen-bond donors (Lipinski definition) is 4. The zero-order valence-corrected chi connectivity index (χ0v) is 35.9. The number of carbonyl (C=O) groups excluding carboxylic acids is 2. The molecule has 0 heterocycles. The van der Waals surface area contributed by atoms with E-state index in [9.17, 15) is 28.9 Å². The number of aliphatic carboxylic acids is 1. The Morgan fingerprint density at radius 2 is 1.14 bits per heavy atom. The highest BCUT2D eigenvalue weighted by molar-refractivity contribution is 7.47. The zero-order valence-electron chi connectivity index (χ0n) is 35.0. The van der Waals surface area contributed by atoms with Crippen LogP contribution in [0, 0.1) is 0 Å². The van der Waals surface area contributed by atoms with Gasteiger partial charge in [-0.25, -0.2) is 4.57 Å². The van der Waals surface area contributed by atoms with Crippen molar-refractivity contribution in [2.75, 3.05) is 19.8 Å². The fourth-order valence-electron chi connectivity index (χ4n) is 5.40. The fourth-order valence-corrected chi connectivity index (χ4v) is 6.17. The molecule has 0 saturated heterocycles. The van der Waals surface area contributed by atoms with Crippen molar-refractivity contribution in [3.05, 3.63) is 60.8 Å². The SMILES string of the molecule is CCCCC/C=C\C/C=C\C/C=C\C=C\[C@@H](O)CCCC(=O)OC[C@H](COP(=O)(O)OC[C@H](N)C(=O)O)OC(=O)CCCCCCC/C=C\CCCCCCCC. The summed E-state index contributed by atoms with van der Waals surface area (Å²) in [6, 6.07) is -1.55. The minimum Gasteiger partial charge on any atom is -0.480 e. The molecule has 0 fully saturated rings. The molecule has 0 saturated carbocycles. The van der Waals surface area contributed by atoms with Gasteiger partial charge in [0.05, 0.1) is 19.3 Å². The van der Waals surface area contributed by atoms with Gasteiger partial charge in [-0.15, -0.1) is 0 Å². The van der Waals surface area contributed by atoms with Crippen molar-refractivity contribution in [2.24, 2.45) is 5.73 Å². The fraction of sp³-hybridized carbons (Fsp3) is 0.705. The summed E-state index contributed by atoms with van der Waals surface area (Å²) in [6.45, 7) is 2.55. The number of hydrogen-bond acceptors (Lipinski definition) is 10. The number of allylic oxidation sites excluding steroid dienone is 9. The van der Waals surface area contributed by atoms with Gasteiger partial charge in [-0.2, -0.15) is 0 Å². The molecular weight excluding hydrogens is 749 g/mol. The summed E-state index contributed by atoms with van der Waals surface area (Å²) < 4.78 is 32.5. The maximum Gasteiger partial charge on any atom is 0.472 e. The van der Waals surface area contributed by atoms with Crippen molar-refractivity contribution >= 4 is 25.7 Å². The van der Waals surface area contributed by atoms with Crippen LogP contribution in [-0.4, -0.2) is 71.1 Å². The van der Waals surface area contributed by atoms with E-state index < -0.39 is 63.8 Å². The maximum absolute atomic E-state index is 12.6. The highest BCUT2D eigenvalue weighted by Gasteiger charge is 2.28. The highest BCUT2D eigenvalue weighted by atomic mass is 31.2. The normalized spacial score (nSPS) is 14.9. The number of nitrogens with two attached hydrogens (primary N) is 1. The molecule has 0 aromatic heterocycles. The number of rotatable bonds is 39. The maximum atomic E-state index is 12.6. The Hall–Kier alpha value is -2.86. The number of carbonyl (C=O) groups is 3. The second-order valence-electron chi connectivity index (χ2n) is 14.3. The summed E-state index contributed by atoms with van der Waals surface area (Å²) in [5.74, 6) is -2.62. The van der Waals surface area contributed by atoms with Crippen LogP contribution in [0.3, 0.4) is 0 Å². The molecule has 13 heteroatoms. The van der Waals surface area contributed by atoms with Gasteiger partial charge < -0.3 is 30.3 Å². The number of aliphatic hydroxyl groups excluding tert-OH is 1. The van der Waals surface area contributed by atoms with E-state index in [1.165, 1.54) is 57.8 Å². The molecule has 0 aliphatic heterocycles. The third-order valence-electron chi connectivity index (χ3n) is 8.84. The predicted molar refractivity (Wildman–Crippen MR) is 227 cm³/mol. The Morgan fingerprint density at radius 3 is 1.79 bits per heavy atom. The molecule has 1 unspecified atom stereocenters. The average Bonchev–Trinajstić information content (AvgIpc) is 3.18. The van der Waals surface area contributed by atoms with Gasteiger partial charge in [-0.05, 0) is 70.6 Å². The van der Waals surface area contributed by atoms with E-state index in [1.807, 2.05) is 12.2 Å². The number of carboxylic acid groups (broad SMARTS) is 1. The summed E-state index contributed by atoms with van der Waals surface area (Å²) in [5, 5.41) is 19.1.